The first-order chi connectivity index (χ1) is 18.9. The van der Waals surface area contributed by atoms with Gasteiger partial charge in [0.1, 0.15) is 5.82 Å². The fourth-order valence-electron chi connectivity index (χ4n) is 4.75. The molecule has 0 bridgehead atoms. The van der Waals surface area contributed by atoms with Crippen molar-refractivity contribution in [1.82, 2.24) is 30.2 Å². The van der Waals surface area contributed by atoms with E-state index >= 15 is 0 Å². The molecule has 0 saturated heterocycles. The third-order valence-corrected chi connectivity index (χ3v) is 6.73. The number of rotatable bonds is 9. The SMILES string of the molecule is CCCc1nc(C)c(Cc2cccc(C(N)=O)c2)c(=O)n1Cc1ccc(-c2ccccc2-c2nn[nH]n2)cc1. The summed E-state index contributed by atoms with van der Waals surface area (Å²) in [7, 11) is 0. The lowest BCUT2D eigenvalue weighted by molar-refractivity contribution is 0.1000. The van der Waals surface area contributed by atoms with Crippen LogP contribution in [0.4, 0.5) is 0 Å². The van der Waals surface area contributed by atoms with Gasteiger partial charge < -0.3 is 5.73 Å². The van der Waals surface area contributed by atoms with Crippen molar-refractivity contribution in [2.24, 2.45) is 5.73 Å². The number of hydrogen-bond donors (Lipinski definition) is 2. The molecule has 3 aromatic carbocycles. The van der Waals surface area contributed by atoms with Crippen LogP contribution in [0.5, 0.6) is 0 Å². The molecule has 0 aliphatic heterocycles. The van der Waals surface area contributed by atoms with E-state index in [1.54, 1.807) is 22.8 Å². The smallest absolute Gasteiger partial charge is 0.257 e. The number of nitrogens with two attached hydrogens (primary N) is 1. The summed E-state index contributed by atoms with van der Waals surface area (Å²) in [6, 6.07) is 23.1. The van der Waals surface area contributed by atoms with Crippen molar-refractivity contribution < 1.29 is 4.79 Å². The van der Waals surface area contributed by atoms with Crippen molar-refractivity contribution in [1.29, 1.82) is 0 Å². The van der Waals surface area contributed by atoms with E-state index < -0.39 is 5.91 Å². The zero-order chi connectivity index (χ0) is 27.4. The maximum absolute atomic E-state index is 13.8. The predicted molar refractivity (Wildman–Crippen MR) is 149 cm³/mol. The number of H-pyrrole nitrogens is 1. The van der Waals surface area contributed by atoms with Gasteiger partial charge in [0.25, 0.3) is 5.56 Å². The molecule has 2 heterocycles. The minimum Gasteiger partial charge on any atom is -0.366 e. The monoisotopic (exact) mass is 519 g/mol. The van der Waals surface area contributed by atoms with E-state index in [9.17, 15) is 9.59 Å². The minimum atomic E-state index is -0.495. The molecule has 9 heteroatoms. The highest BCUT2D eigenvalue weighted by molar-refractivity contribution is 5.92. The summed E-state index contributed by atoms with van der Waals surface area (Å²) in [6.07, 6.45) is 1.94. The molecule has 0 atom stereocenters. The summed E-state index contributed by atoms with van der Waals surface area (Å²) in [5, 5.41) is 14.4. The summed E-state index contributed by atoms with van der Waals surface area (Å²) in [5.74, 6) is 0.803. The average Bonchev–Trinajstić information content (AvgIpc) is 3.49. The molecular formula is C30H29N7O2. The van der Waals surface area contributed by atoms with E-state index in [1.165, 1.54) is 0 Å². The number of amides is 1. The molecule has 0 unspecified atom stereocenters. The highest BCUT2D eigenvalue weighted by Gasteiger charge is 2.16. The second kappa shape index (κ2) is 11.2. The predicted octanol–water partition coefficient (Wildman–Crippen LogP) is 4.09. The van der Waals surface area contributed by atoms with Crippen LogP contribution in [0.25, 0.3) is 22.5 Å². The van der Waals surface area contributed by atoms with Crippen molar-refractivity contribution >= 4 is 5.91 Å². The summed E-state index contributed by atoms with van der Waals surface area (Å²) >= 11 is 0. The molecule has 0 aliphatic rings. The highest BCUT2D eigenvalue weighted by atomic mass is 16.1. The van der Waals surface area contributed by atoms with Crippen LogP contribution in [0.1, 0.15) is 51.9 Å². The van der Waals surface area contributed by atoms with Crippen LogP contribution in [0, 0.1) is 6.92 Å². The normalized spacial score (nSPS) is 11.0. The molecule has 9 nitrogen and oxygen atoms in total. The number of carbonyl (C=O) groups excluding carboxylic acids is 1. The maximum atomic E-state index is 13.8. The van der Waals surface area contributed by atoms with Gasteiger partial charge in [-0.2, -0.15) is 5.21 Å². The fourth-order valence-corrected chi connectivity index (χ4v) is 4.75. The molecule has 0 radical (unpaired) electrons. The third-order valence-electron chi connectivity index (χ3n) is 6.73. The van der Waals surface area contributed by atoms with E-state index in [4.69, 9.17) is 10.7 Å². The number of aryl methyl sites for hydroxylation is 2. The molecule has 0 fully saturated rings. The lowest BCUT2D eigenvalue weighted by atomic mass is 9.98. The van der Waals surface area contributed by atoms with Crippen LogP contribution >= 0.6 is 0 Å². The van der Waals surface area contributed by atoms with E-state index in [1.807, 2.05) is 61.5 Å². The molecular weight excluding hydrogens is 490 g/mol. The van der Waals surface area contributed by atoms with E-state index in [-0.39, 0.29) is 5.56 Å². The van der Waals surface area contributed by atoms with Crippen molar-refractivity contribution in [3.8, 4) is 22.5 Å². The van der Waals surface area contributed by atoms with Crippen LogP contribution in [-0.4, -0.2) is 36.1 Å². The van der Waals surface area contributed by atoms with Crippen molar-refractivity contribution in [2.45, 2.75) is 39.7 Å². The van der Waals surface area contributed by atoms with Gasteiger partial charge in [0.05, 0.1) is 6.54 Å². The lowest BCUT2D eigenvalue weighted by Crippen LogP contribution is -2.30. The number of primary amides is 1. The van der Waals surface area contributed by atoms with Crippen molar-refractivity contribution in [2.75, 3.05) is 0 Å². The topological polar surface area (TPSA) is 132 Å². The van der Waals surface area contributed by atoms with Gasteiger partial charge in [0.15, 0.2) is 0 Å². The molecule has 0 aliphatic carbocycles. The van der Waals surface area contributed by atoms with Crippen molar-refractivity contribution in [3.63, 3.8) is 0 Å². The van der Waals surface area contributed by atoms with Crippen molar-refractivity contribution in [3.05, 3.63) is 117 Å². The Kier molecular flexibility index (Phi) is 7.40. The molecule has 0 spiro atoms. The van der Waals surface area contributed by atoms with Gasteiger partial charge in [-0.15, -0.1) is 10.2 Å². The van der Waals surface area contributed by atoms with Gasteiger partial charge in [-0.1, -0.05) is 67.6 Å². The Hall–Kier alpha value is -4.92. The molecule has 0 saturated carbocycles. The zero-order valence-corrected chi connectivity index (χ0v) is 21.9. The molecule has 1 amide bonds. The van der Waals surface area contributed by atoms with E-state index in [0.717, 1.165) is 40.1 Å². The van der Waals surface area contributed by atoms with E-state index in [0.29, 0.717) is 42.0 Å². The molecule has 39 heavy (non-hydrogen) atoms. The second-order valence-electron chi connectivity index (χ2n) is 9.45. The first kappa shape index (κ1) is 25.7. The summed E-state index contributed by atoms with van der Waals surface area (Å²) in [6.45, 7) is 4.35. The number of nitrogens with zero attached hydrogens (tertiary/aromatic N) is 5. The Balaban J connectivity index is 1.47. The highest BCUT2D eigenvalue weighted by Crippen LogP contribution is 2.29. The Bertz CT molecular complexity index is 1670. The van der Waals surface area contributed by atoms with Crippen LogP contribution in [0.3, 0.4) is 0 Å². The number of nitrogens with one attached hydrogen (secondary N) is 1. The summed E-state index contributed by atoms with van der Waals surface area (Å²) in [4.78, 5) is 30.3. The number of tetrazole rings is 1. The quantitative estimate of drug-likeness (QED) is 0.301. The largest absolute Gasteiger partial charge is 0.366 e. The fraction of sp³-hybridized carbons (Fsp3) is 0.200. The lowest BCUT2D eigenvalue weighted by Gasteiger charge is -2.16. The molecule has 5 rings (SSSR count). The first-order valence-electron chi connectivity index (χ1n) is 12.8. The van der Waals surface area contributed by atoms with Gasteiger partial charge in [0, 0.05) is 35.2 Å². The van der Waals surface area contributed by atoms with Gasteiger partial charge >= 0.3 is 0 Å². The first-order valence-corrected chi connectivity index (χ1v) is 12.8. The Morgan fingerprint density at radius 2 is 1.74 bits per heavy atom. The standard InChI is InChI=1S/C30H29N7O2/c1-3-7-27-32-19(2)26(17-21-8-6-9-23(16-21)28(31)38)30(39)37(27)18-20-12-14-22(15-13-20)24-10-4-5-11-25(24)29-33-35-36-34-29/h4-6,8-16H,3,7,17-18H2,1-2H3,(H2,31,38)(H,33,34,35,36). The molecule has 196 valence electrons. The van der Waals surface area contributed by atoms with E-state index in [2.05, 4.69) is 27.5 Å². The maximum Gasteiger partial charge on any atom is 0.257 e. The number of benzene rings is 3. The van der Waals surface area contributed by atoms with Gasteiger partial charge in [-0.3, -0.25) is 14.2 Å². The molecule has 3 N–H and O–H groups in total. The van der Waals surface area contributed by atoms with Crippen LogP contribution < -0.4 is 11.3 Å². The Labute approximate surface area is 225 Å². The average molecular weight is 520 g/mol. The number of hydrogen-bond acceptors (Lipinski definition) is 6. The van der Waals surface area contributed by atoms with Crippen LogP contribution in [0.15, 0.2) is 77.6 Å². The van der Waals surface area contributed by atoms with Crippen LogP contribution in [0.2, 0.25) is 0 Å². The Morgan fingerprint density at radius 1 is 0.974 bits per heavy atom. The number of aromatic nitrogens is 6. The van der Waals surface area contributed by atoms with Gasteiger partial charge in [-0.25, -0.2) is 4.98 Å². The summed E-state index contributed by atoms with van der Waals surface area (Å²) < 4.78 is 1.77. The van der Waals surface area contributed by atoms with Gasteiger partial charge in [-0.05, 0) is 52.9 Å². The third kappa shape index (κ3) is 5.52. The minimum absolute atomic E-state index is 0.0676. The Morgan fingerprint density at radius 3 is 2.44 bits per heavy atom. The summed E-state index contributed by atoms with van der Waals surface area (Å²) in [5.41, 5.74) is 11.8. The zero-order valence-electron chi connectivity index (χ0n) is 21.9. The molecule has 5 aromatic rings. The number of aromatic amines is 1. The second-order valence-corrected chi connectivity index (χ2v) is 9.45. The molecule has 2 aromatic heterocycles. The number of carbonyl (C=O) groups is 1. The van der Waals surface area contributed by atoms with Crippen LogP contribution in [-0.2, 0) is 19.4 Å². The van der Waals surface area contributed by atoms with Gasteiger partial charge in [0.2, 0.25) is 11.7 Å².